The first-order chi connectivity index (χ1) is 11.2. The van der Waals surface area contributed by atoms with Crippen molar-refractivity contribution in [3.63, 3.8) is 0 Å². The van der Waals surface area contributed by atoms with Crippen LogP contribution in [-0.2, 0) is 4.79 Å². The summed E-state index contributed by atoms with van der Waals surface area (Å²) in [6.07, 6.45) is 0.910. The van der Waals surface area contributed by atoms with Gasteiger partial charge in [0.25, 0.3) is 0 Å². The molecule has 0 bridgehead atoms. The average molecular weight is 306 g/mol. The van der Waals surface area contributed by atoms with E-state index in [-0.39, 0.29) is 17.7 Å². The lowest BCUT2D eigenvalue weighted by Gasteiger charge is -2.10. The first-order valence-corrected chi connectivity index (χ1v) is 8.14. The van der Waals surface area contributed by atoms with Gasteiger partial charge in [0.05, 0.1) is 5.71 Å². The topological polar surface area (TPSA) is 41.5 Å². The lowest BCUT2D eigenvalue weighted by molar-refractivity contribution is -0.122. The van der Waals surface area contributed by atoms with Gasteiger partial charge in [-0.2, -0.15) is 5.10 Å². The second kappa shape index (κ2) is 6.78. The first-order valence-electron chi connectivity index (χ1n) is 8.14. The SMILES string of the molecule is CC(C)/C(=N\NC(=O)[C@H]1C[C@@H]1c1ccccc1)c1ccccc1. The van der Waals surface area contributed by atoms with Crippen molar-refractivity contribution in [3.8, 4) is 0 Å². The number of nitrogens with zero attached hydrogens (tertiary/aromatic N) is 1. The Labute approximate surface area is 137 Å². The van der Waals surface area contributed by atoms with E-state index in [4.69, 9.17) is 0 Å². The van der Waals surface area contributed by atoms with E-state index in [1.54, 1.807) is 0 Å². The van der Waals surface area contributed by atoms with Gasteiger partial charge in [0.1, 0.15) is 0 Å². The Bertz CT molecular complexity index is 692. The van der Waals surface area contributed by atoms with E-state index in [1.807, 2.05) is 48.5 Å². The van der Waals surface area contributed by atoms with Crippen LogP contribution >= 0.6 is 0 Å². The van der Waals surface area contributed by atoms with E-state index in [9.17, 15) is 4.79 Å². The first kappa shape index (κ1) is 15.5. The van der Waals surface area contributed by atoms with Crippen molar-refractivity contribution < 1.29 is 4.79 Å². The molecule has 2 aromatic carbocycles. The third-order valence-corrected chi connectivity index (χ3v) is 4.26. The molecule has 3 heteroatoms. The molecule has 0 unspecified atom stereocenters. The molecule has 1 saturated carbocycles. The molecule has 1 aliphatic carbocycles. The lowest BCUT2D eigenvalue weighted by atomic mass is 10.0. The number of hydrazone groups is 1. The summed E-state index contributed by atoms with van der Waals surface area (Å²) < 4.78 is 0. The summed E-state index contributed by atoms with van der Waals surface area (Å²) in [4.78, 5) is 12.3. The zero-order valence-electron chi connectivity index (χ0n) is 13.6. The quantitative estimate of drug-likeness (QED) is 0.659. The maximum Gasteiger partial charge on any atom is 0.243 e. The third kappa shape index (κ3) is 3.67. The highest BCUT2D eigenvalue weighted by molar-refractivity contribution is 6.02. The molecule has 0 spiro atoms. The molecule has 2 atom stereocenters. The van der Waals surface area contributed by atoms with E-state index < -0.39 is 0 Å². The van der Waals surface area contributed by atoms with Crippen LogP contribution < -0.4 is 5.43 Å². The van der Waals surface area contributed by atoms with Crippen LogP contribution in [0.1, 0.15) is 37.3 Å². The molecule has 3 nitrogen and oxygen atoms in total. The monoisotopic (exact) mass is 306 g/mol. The summed E-state index contributed by atoms with van der Waals surface area (Å²) in [6, 6.07) is 20.2. The molecule has 0 aromatic heterocycles. The highest BCUT2D eigenvalue weighted by atomic mass is 16.2. The van der Waals surface area contributed by atoms with E-state index in [0.717, 1.165) is 17.7 Å². The lowest BCUT2D eigenvalue weighted by Crippen LogP contribution is -2.24. The molecule has 0 saturated heterocycles. The molecule has 0 heterocycles. The minimum atomic E-state index is 0.0212. The molecule has 3 rings (SSSR count). The van der Waals surface area contributed by atoms with Crippen LogP contribution in [0.4, 0.5) is 0 Å². The van der Waals surface area contributed by atoms with Gasteiger partial charge in [0.15, 0.2) is 0 Å². The summed E-state index contributed by atoms with van der Waals surface area (Å²) in [5, 5.41) is 4.40. The third-order valence-electron chi connectivity index (χ3n) is 4.26. The Hall–Kier alpha value is -2.42. The van der Waals surface area contributed by atoms with Crippen molar-refractivity contribution in [3.05, 3.63) is 71.8 Å². The van der Waals surface area contributed by atoms with Gasteiger partial charge in [-0.1, -0.05) is 74.5 Å². The van der Waals surface area contributed by atoms with Crippen LogP contribution in [-0.4, -0.2) is 11.6 Å². The van der Waals surface area contributed by atoms with Crippen molar-refractivity contribution in [2.45, 2.75) is 26.2 Å². The maximum absolute atomic E-state index is 12.3. The maximum atomic E-state index is 12.3. The molecular weight excluding hydrogens is 284 g/mol. The Morgan fingerprint density at radius 1 is 1.04 bits per heavy atom. The van der Waals surface area contributed by atoms with Gasteiger partial charge in [-0.3, -0.25) is 4.79 Å². The Balaban J connectivity index is 1.66. The van der Waals surface area contributed by atoms with E-state index in [2.05, 4.69) is 36.5 Å². The van der Waals surface area contributed by atoms with E-state index in [0.29, 0.717) is 5.92 Å². The molecule has 0 aliphatic heterocycles. The molecule has 1 amide bonds. The fourth-order valence-electron chi connectivity index (χ4n) is 2.89. The molecular formula is C20H22N2O. The molecule has 1 aliphatic rings. The molecule has 2 aromatic rings. The Morgan fingerprint density at radius 2 is 1.65 bits per heavy atom. The molecule has 1 N–H and O–H groups in total. The van der Waals surface area contributed by atoms with Crippen molar-refractivity contribution in [1.29, 1.82) is 0 Å². The fourth-order valence-corrected chi connectivity index (χ4v) is 2.89. The second-order valence-electron chi connectivity index (χ2n) is 6.35. The normalized spacial score (nSPS) is 20.4. The minimum absolute atomic E-state index is 0.0212. The zero-order valence-corrected chi connectivity index (χ0v) is 13.6. The van der Waals surface area contributed by atoms with Crippen molar-refractivity contribution in [2.75, 3.05) is 0 Å². The Morgan fingerprint density at radius 3 is 2.26 bits per heavy atom. The molecule has 118 valence electrons. The Kier molecular flexibility index (Phi) is 4.56. The predicted molar refractivity (Wildman–Crippen MR) is 93.2 cm³/mol. The van der Waals surface area contributed by atoms with Crippen molar-refractivity contribution >= 4 is 11.6 Å². The molecule has 0 radical (unpaired) electrons. The summed E-state index contributed by atoms with van der Waals surface area (Å²) in [5.41, 5.74) is 5.98. The van der Waals surface area contributed by atoms with Gasteiger partial charge in [-0.25, -0.2) is 5.43 Å². The van der Waals surface area contributed by atoms with Crippen molar-refractivity contribution in [1.82, 2.24) is 5.43 Å². The van der Waals surface area contributed by atoms with Crippen LogP contribution in [0.25, 0.3) is 0 Å². The predicted octanol–water partition coefficient (Wildman–Crippen LogP) is 3.97. The highest BCUT2D eigenvalue weighted by Crippen LogP contribution is 2.47. The van der Waals surface area contributed by atoms with Crippen LogP contribution in [0.3, 0.4) is 0 Å². The zero-order chi connectivity index (χ0) is 16.2. The molecule has 1 fully saturated rings. The van der Waals surface area contributed by atoms with Gasteiger partial charge in [-0.05, 0) is 29.4 Å². The number of benzene rings is 2. The largest absolute Gasteiger partial charge is 0.273 e. The highest BCUT2D eigenvalue weighted by Gasteiger charge is 2.43. The summed E-state index contributed by atoms with van der Waals surface area (Å²) in [7, 11) is 0. The number of hydrogen-bond acceptors (Lipinski definition) is 2. The number of carbonyl (C=O) groups excluding carboxylic acids is 1. The summed E-state index contributed by atoms with van der Waals surface area (Å²) >= 11 is 0. The smallest absolute Gasteiger partial charge is 0.243 e. The number of hydrogen-bond donors (Lipinski definition) is 1. The second-order valence-corrected chi connectivity index (χ2v) is 6.35. The van der Waals surface area contributed by atoms with E-state index in [1.165, 1.54) is 5.56 Å². The fraction of sp³-hybridized carbons (Fsp3) is 0.300. The van der Waals surface area contributed by atoms with Gasteiger partial charge in [0, 0.05) is 5.92 Å². The van der Waals surface area contributed by atoms with Gasteiger partial charge in [-0.15, -0.1) is 0 Å². The van der Waals surface area contributed by atoms with E-state index >= 15 is 0 Å². The van der Waals surface area contributed by atoms with Crippen LogP contribution in [0.15, 0.2) is 65.8 Å². The number of amides is 1. The van der Waals surface area contributed by atoms with Crippen LogP contribution in [0, 0.1) is 11.8 Å². The van der Waals surface area contributed by atoms with Gasteiger partial charge >= 0.3 is 0 Å². The number of carbonyl (C=O) groups is 1. The number of nitrogens with one attached hydrogen (secondary N) is 1. The van der Waals surface area contributed by atoms with Gasteiger partial charge in [0.2, 0.25) is 5.91 Å². The van der Waals surface area contributed by atoms with Crippen molar-refractivity contribution in [2.24, 2.45) is 16.9 Å². The van der Waals surface area contributed by atoms with Crippen LogP contribution in [0.5, 0.6) is 0 Å². The minimum Gasteiger partial charge on any atom is -0.273 e. The van der Waals surface area contributed by atoms with Crippen LogP contribution in [0.2, 0.25) is 0 Å². The van der Waals surface area contributed by atoms with Gasteiger partial charge < -0.3 is 0 Å². The standard InChI is InChI=1S/C20H22N2O/c1-14(2)19(16-11-7-4-8-12-16)21-22-20(23)18-13-17(18)15-9-5-3-6-10-15/h3-12,14,17-18H,13H2,1-2H3,(H,22,23)/b21-19+/t17-,18+/m1/s1. The number of rotatable bonds is 5. The summed E-state index contributed by atoms with van der Waals surface area (Å²) in [6.45, 7) is 4.17. The average Bonchev–Trinajstić information content (AvgIpc) is 3.37. The summed E-state index contributed by atoms with van der Waals surface area (Å²) in [5.74, 6) is 0.658. The molecule has 23 heavy (non-hydrogen) atoms.